The van der Waals surface area contributed by atoms with E-state index >= 15 is 0 Å². The quantitative estimate of drug-likeness (QED) is 0.649. The molecule has 0 spiro atoms. The van der Waals surface area contributed by atoms with Gasteiger partial charge < -0.3 is 14.9 Å². The fraction of sp³-hybridized carbons (Fsp3) is 1.00. The van der Waals surface area contributed by atoms with Gasteiger partial charge in [-0.3, -0.25) is 0 Å². The minimum Gasteiger partial charge on any atom is -0.381 e. The third-order valence-corrected chi connectivity index (χ3v) is 2.85. The Kier molecular flexibility index (Phi) is 4.16. The molecule has 0 aliphatic carbocycles. The highest BCUT2D eigenvalue weighted by molar-refractivity contribution is 4.76. The van der Waals surface area contributed by atoms with Crippen molar-refractivity contribution in [1.82, 2.24) is 0 Å². The lowest BCUT2D eigenvalue weighted by atomic mass is 9.80. The molecule has 3 heteroatoms. The van der Waals surface area contributed by atoms with Crippen molar-refractivity contribution in [2.45, 2.75) is 33.0 Å². The van der Waals surface area contributed by atoms with Gasteiger partial charge in [-0.2, -0.15) is 0 Å². The van der Waals surface area contributed by atoms with Crippen LogP contribution in [0.4, 0.5) is 0 Å². The topological polar surface area (TPSA) is 49.7 Å². The second-order valence-corrected chi connectivity index (χ2v) is 4.21. The molecule has 0 aromatic carbocycles. The molecule has 13 heavy (non-hydrogen) atoms. The molecule has 0 radical (unpaired) electrons. The van der Waals surface area contributed by atoms with Gasteiger partial charge in [0, 0.05) is 19.1 Å². The van der Waals surface area contributed by atoms with Crippen molar-refractivity contribution in [3.8, 4) is 0 Å². The molecule has 1 heterocycles. The maximum atomic E-state index is 9.23. The van der Waals surface area contributed by atoms with E-state index in [1.165, 1.54) is 0 Å². The molecule has 1 aliphatic rings. The zero-order chi connectivity index (χ0) is 9.84. The van der Waals surface area contributed by atoms with Gasteiger partial charge in [-0.05, 0) is 24.7 Å². The van der Waals surface area contributed by atoms with E-state index < -0.39 is 6.29 Å². The summed E-state index contributed by atoms with van der Waals surface area (Å²) in [4.78, 5) is 0. The highest BCUT2D eigenvalue weighted by Crippen LogP contribution is 2.29. The monoisotopic (exact) mass is 188 g/mol. The number of aliphatic hydroxyl groups is 2. The summed E-state index contributed by atoms with van der Waals surface area (Å²) in [6.07, 6.45) is 0.896. The van der Waals surface area contributed by atoms with Crippen molar-refractivity contribution in [3.63, 3.8) is 0 Å². The first-order valence-electron chi connectivity index (χ1n) is 5.06. The van der Waals surface area contributed by atoms with Crippen LogP contribution in [0, 0.1) is 17.8 Å². The Morgan fingerprint density at radius 2 is 2.00 bits per heavy atom. The molecule has 0 saturated carbocycles. The SMILES string of the molecule is CC(C)C(C(O)O)C1CCCOC1. The van der Waals surface area contributed by atoms with E-state index in [4.69, 9.17) is 4.74 Å². The summed E-state index contributed by atoms with van der Waals surface area (Å²) >= 11 is 0. The van der Waals surface area contributed by atoms with Crippen molar-refractivity contribution >= 4 is 0 Å². The second-order valence-electron chi connectivity index (χ2n) is 4.21. The van der Waals surface area contributed by atoms with E-state index in [9.17, 15) is 10.2 Å². The summed E-state index contributed by atoms with van der Waals surface area (Å²) in [5, 5.41) is 18.5. The fourth-order valence-electron chi connectivity index (χ4n) is 2.20. The van der Waals surface area contributed by atoms with Crippen LogP contribution in [0.1, 0.15) is 26.7 Å². The predicted molar refractivity (Wildman–Crippen MR) is 50.1 cm³/mol. The van der Waals surface area contributed by atoms with E-state index in [-0.39, 0.29) is 5.92 Å². The minimum atomic E-state index is -1.20. The zero-order valence-corrected chi connectivity index (χ0v) is 8.44. The van der Waals surface area contributed by atoms with Crippen molar-refractivity contribution in [2.75, 3.05) is 13.2 Å². The van der Waals surface area contributed by atoms with E-state index in [1.807, 2.05) is 13.8 Å². The van der Waals surface area contributed by atoms with Gasteiger partial charge in [-0.15, -0.1) is 0 Å². The molecule has 78 valence electrons. The van der Waals surface area contributed by atoms with Crippen molar-refractivity contribution < 1.29 is 14.9 Å². The lowest BCUT2D eigenvalue weighted by Crippen LogP contribution is -2.36. The Bertz CT molecular complexity index is 131. The molecule has 1 rings (SSSR count). The molecule has 2 N–H and O–H groups in total. The van der Waals surface area contributed by atoms with E-state index in [2.05, 4.69) is 0 Å². The minimum absolute atomic E-state index is 0.0414. The summed E-state index contributed by atoms with van der Waals surface area (Å²) in [6.45, 7) is 5.56. The van der Waals surface area contributed by atoms with Crippen LogP contribution in [-0.2, 0) is 4.74 Å². The van der Waals surface area contributed by atoms with Gasteiger partial charge in [0.25, 0.3) is 0 Å². The molecule has 0 aromatic rings. The van der Waals surface area contributed by atoms with Gasteiger partial charge in [0.1, 0.15) is 0 Å². The third-order valence-electron chi connectivity index (χ3n) is 2.85. The maximum Gasteiger partial charge on any atom is 0.154 e. The summed E-state index contributed by atoms with van der Waals surface area (Å²) < 4.78 is 5.34. The Morgan fingerprint density at radius 3 is 2.38 bits per heavy atom. The molecular formula is C10H20O3. The molecular weight excluding hydrogens is 168 g/mol. The first-order valence-corrected chi connectivity index (χ1v) is 5.06. The molecule has 1 saturated heterocycles. The average Bonchev–Trinajstić information content (AvgIpc) is 2.04. The van der Waals surface area contributed by atoms with Gasteiger partial charge >= 0.3 is 0 Å². The lowest BCUT2D eigenvalue weighted by Gasteiger charge is -2.33. The van der Waals surface area contributed by atoms with Crippen molar-refractivity contribution in [1.29, 1.82) is 0 Å². The number of aliphatic hydroxyl groups excluding tert-OH is 1. The molecule has 0 aromatic heterocycles. The average molecular weight is 188 g/mol. The van der Waals surface area contributed by atoms with Gasteiger partial charge in [0.2, 0.25) is 0 Å². The summed E-state index contributed by atoms with van der Waals surface area (Å²) in [5.41, 5.74) is 0. The third kappa shape index (κ3) is 2.93. The van der Waals surface area contributed by atoms with Crippen LogP contribution in [0.5, 0.6) is 0 Å². The van der Waals surface area contributed by atoms with E-state index in [0.717, 1.165) is 19.4 Å². The summed E-state index contributed by atoms with van der Waals surface area (Å²) in [5.74, 6) is 0.570. The van der Waals surface area contributed by atoms with Crippen LogP contribution in [0.2, 0.25) is 0 Å². The Balaban J connectivity index is 2.52. The Hall–Kier alpha value is -0.120. The summed E-state index contributed by atoms with van der Waals surface area (Å²) in [6, 6.07) is 0. The van der Waals surface area contributed by atoms with Crippen molar-refractivity contribution in [2.24, 2.45) is 17.8 Å². The van der Waals surface area contributed by atoms with Gasteiger partial charge in [0.15, 0.2) is 6.29 Å². The van der Waals surface area contributed by atoms with Crippen LogP contribution in [0.25, 0.3) is 0 Å². The van der Waals surface area contributed by atoms with Crippen molar-refractivity contribution in [3.05, 3.63) is 0 Å². The van der Waals surface area contributed by atoms with Gasteiger partial charge in [-0.1, -0.05) is 13.8 Å². The second kappa shape index (κ2) is 4.94. The first kappa shape index (κ1) is 11.0. The fourth-order valence-corrected chi connectivity index (χ4v) is 2.20. The van der Waals surface area contributed by atoms with Crippen LogP contribution >= 0.6 is 0 Å². The molecule has 3 nitrogen and oxygen atoms in total. The van der Waals surface area contributed by atoms with Gasteiger partial charge in [0.05, 0.1) is 0 Å². The number of hydrogen-bond acceptors (Lipinski definition) is 3. The van der Waals surface area contributed by atoms with Crippen LogP contribution < -0.4 is 0 Å². The number of ether oxygens (including phenoxy) is 1. The molecule has 0 amide bonds. The van der Waals surface area contributed by atoms with Crippen LogP contribution in [0.15, 0.2) is 0 Å². The van der Waals surface area contributed by atoms with E-state index in [0.29, 0.717) is 18.4 Å². The van der Waals surface area contributed by atoms with Gasteiger partial charge in [-0.25, -0.2) is 0 Å². The highest BCUT2D eigenvalue weighted by atomic mass is 16.5. The Morgan fingerprint density at radius 1 is 1.31 bits per heavy atom. The lowest BCUT2D eigenvalue weighted by molar-refractivity contribution is -0.132. The molecule has 2 atom stereocenters. The van der Waals surface area contributed by atoms with Crippen LogP contribution in [-0.4, -0.2) is 29.7 Å². The Labute approximate surface area is 79.7 Å². The standard InChI is InChI=1S/C10H20O3/c1-7(2)9(10(11)12)8-4-3-5-13-6-8/h7-12H,3-6H2,1-2H3. The smallest absolute Gasteiger partial charge is 0.154 e. The predicted octanol–water partition coefficient (Wildman–Crippen LogP) is 0.996. The van der Waals surface area contributed by atoms with E-state index in [1.54, 1.807) is 0 Å². The zero-order valence-electron chi connectivity index (χ0n) is 8.44. The largest absolute Gasteiger partial charge is 0.381 e. The highest BCUT2D eigenvalue weighted by Gasteiger charge is 2.31. The van der Waals surface area contributed by atoms with Crippen LogP contribution in [0.3, 0.4) is 0 Å². The number of hydrogen-bond donors (Lipinski definition) is 2. The molecule has 1 aliphatic heterocycles. The molecule has 2 unspecified atom stereocenters. The molecule has 1 fully saturated rings. The first-order chi connectivity index (χ1) is 6.13. The number of rotatable bonds is 3. The maximum absolute atomic E-state index is 9.23. The normalized spacial score (nSPS) is 26.8. The summed E-state index contributed by atoms with van der Waals surface area (Å²) in [7, 11) is 0. The molecule has 0 bridgehead atoms.